The monoisotopic (exact) mass is 258 g/mol. The van der Waals surface area contributed by atoms with Crippen molar-refractivity contribution >= 4 is 23.4 Å². The van der Waals surface area contributed by atoms with Crippen molar-refractivity contribution in [3.05, 3.63) is 17.0 Å². The van der Waals surface area contributed by atoms with Gasteiger partial charge in [-0.2, -0.15) is 0 Å². The molecule has 1 unspecified atom stereocenters. The van der Waals surface area contributed by atoms with Gasteiger partial charge in [0.25, 0.3) is 0 Å². The number of nitrogens with zero attached hydrogens (tertiary/aromatic N) is 2. The van der Waals surface area contributed by atoms with Crippen LogP contribution in [0.4, 0.5) is 0 Å². The lowest BCUT2D eigenvalue weighted by Gasteiger charge is -2.16. The zero-order valence-electron chi connectivity index (χ0n) is 10.3. The average Bonchev–Trinajstić information content (AvgIpc) is 2.23. The zero-order valence-corrected chi connectivity index (χ0v) is 11.9. The molecule has 16 heavy (non-hydrogen) atoms. The van der Waals surface area contributed by atoms with Crippen molar-refractivity contribution in [1.82, 2.24) is 9.97 Å². The van der Waals surface area contributed by atoms with Crippen LogP contribution in [-0.4, -0.2) is 15.2 Å². The van der Waals surface area contributed by atoms with E-state index in [0.29, 0.717) is 16.3 Å². The smallest absolute Gasteiger partial charge is 0.136 e. The van der Waals surface area contributed by atoms with Crippen LogP contribution >= 0.6 is 23.4 Å². The normalized spacial score (nSPS) is 13.1. The van der Waals surface area contributed by atoms with Crippen LogP contribution in [0.15, 0.2) is 11.4 Å². The van der Waals surface area contributed by atoms with Gasteiger partial charge in [-0.05, 0) is 12.3 Å². The summed E-state index contributed by atoms with van der Waals surface area (Å²) in [7, 11) is 0. The summed E-state index contributed by atoms with van der Waals surface area (Å²) in [4.78, 5) is 8.40. The SMILES string of the molecule is CCCc1c(Cl)ncnc1SC(C)C(C)C. The van der Waals surface area contributed by atoms with E-state index in [1.165, 1.54) is 0 Å². The van der Waals surface area contributed by atoms with E-state index in [1.54, 1.807) is 18.1 Å². The molecule has 1 aromatic rings. The van der Waals surface area contributed by atoms with Crippen LogP contribution in [0, 0.1) is 5.92 Å². The maximum Gasteiger partial charge on any atom is 0.136 e. The second-order valence-corrected chi connectivity index (χ2v) is 5.99. The Kier molecular flexibility index (Phi) is 5.56. The van der Waals surface area contributed by atoms with Crippen LogP contribution in [-0.2, 0) is 6.42 Å². The summed E-state index contributed by atoms with van der Waals surface area (Å²) in [6, 6.07) is 0. The molecule has 0 saturated carbocycles. The van der Waals surface area contributed by atoms with Crippen LogP contribution in [0.3, 0.4) is 0 Å². The Hall–Kier alpha value is -0.280. The van der Waals surface area contributed by atoms with E-state index >= 15 is 0 Å². The van der Waals surface area contributed by atoms with Crippen molar-refractivity contribution in [2.75, 3.05) is 0 Å². The molecule has 0 aromatic carbocycles. The van der Waals surface area contributed by atoms with Crippen LogP contribution < -0.4 is 0 Å². The molecular formula is C12H19ClN2S. The third kappa shape index (κ3) is 3.63. The number of aromatic nitrogens is 2. The van der Waals surface area contributed by atoms with Crippen molar-refractivity contribution in [3.63, 3.8) is 0 Å². The maximum atomic E-state index is 6.11. The highest BCUT2D eigenvalue weighted by atomic mass is 35.5. The standard InChI is InChI=1S/C12H19ClN2S/c1-5-6-10-11(13)14-7-15-12(10)16-9(4)8(2)3/h7-9H,5-6H2,1-4H3. The minimum absolute atomic E-state index is 0.543. The Balaban J connectivity index is 2.90. The highest BCUT2D eigenvalue weighted by Crippen LogP contribution is 2.31. The summed E-state index contributed by atoms with van der Waals surface area (Å²) in [6.07, 6.45) is 3.57. The van der Waals surface area contributed by atoms with Crippen molar-refractivity contribution in [1.29, 1.82) is 0 Å². The van der Waals surface area contributed by atoms with Gasteiger partial charge in [-0.3, -0.25) is 0 Å². The van der Waals surface area contributed by atoms with E-state index in [4.69, 9.17) is 11.6 Å². The van der Waals surface area contributed by atoms with Gasteiger partial charge in [-0.25, -0.2) is 9.97 Å². The molecule has 0 N–H and O–H groups in total. The minimum atomic E-state index is 0.543. The largest absolute Gasteiger partial charge is 0.230 e. The van der Waals surface area contributed by atoms with E-state index in [0.717, 1.165) is 23.4 Å². The van der Waals surface area contributed by atoms with Gasteiger partial charge in [0.2, 0.25) is 0 Å². The first-order valence-electron chi connectivity index (χ1n) is 5.72. The van der Waals surface area contributed by atoms with Crippen LogP contribution in [0.5, 0.6) is 0 Å². The van der Waals surface area contributed by atoms with Crippen molar-refractivity contribution in [2.24, 2.45) is 5.92 Å². The maximum absolute atomic E-state index is 6.11. The molecule has 0 aliphatic rings. The van der Waals surface area contributed by atoms with Gasteiger partial charge in [-0.1, -0.05) is 45.7 Å². The Morgan fingerprint density at radius 1 is 1.31 bits per heavy atom. The van der Waals surface area contributed by atoms with E-state index in [2.05, 4.69) is 37.7 Å². The third-order valence-corrected chi connectivity index (χ3v) is 4.41. The summed E-state index contributed by atoms with van der Waals surface area (Å²) >= 11 is 7.90. The Morgan fingerprint density at radius 3 is 2.56 bits per heavy atom. The topological polar surface area (TPSA) is 25.8 Å². The lowest BCUT2D eigenvalue weighted by molar-refractivity contribution is 0.641. The molecule has 0 spiro atoms. The highest BCUT2D eigenvalue weighted by molar-refractivity contribution is 7.99. The predicted molar refractivity (Wildman–Crippen MR) is 71.2 cm³/mol. The molecule has 0 radical (unpaired) electrons. The molecule has 0 bridgehead atoms. The third-order valence-electron chi connectivity index (χ3n) is 2.59. The number of rotatable bonds is 5. The average molecular weight is 259 g/mol. The Morgan fingerprint density at radius 2 is 2.00 bits per heavy atom. The van der Waals surface area contributed by atoms with E-state index < -0.39 is 0 Å². The van der Waals surface area contributed by atoms with Gasteiger partial charge >= 0.3 is 0 Å². The first-order valence-corrected chi connectivity index (χ1v) is 6.98. The van der Waals surface area contributed by atoms with Crippen LogP contribution in [0.25, 0.3) is 0 Å². The summed E-state index contributed by atoms with van der Waals surface area (Å²) < 4.78 is 0. The number of hydrogen-bond acceptors (Lipinski definition) is 3. The predicted octanol–water partition coefficient (Wildman–Crippen LogP) is 4.22. The van der Waals surface area contributed by atoms with Gasteiger partial charge in [-0.15, -0.1) is 11.8 Å². The van der Waals surface area contributed by atoms with Crippen molar-refractivity contribution < 1.29 is 0 Å². The molecule has 0 amide bonds. The second kappa shape index (κ2) is 6.45. The molecule has 0 fully saturated rings. The fraction of sp³-hybridized carbons (Fsp3) is 0.667. The molecule has 1 rings (SSSR count). The molecular weight excluding hydrogens is 240 g/mol. The fourth-order valence-electron chi connectivity index (χ4n) is 1.25. The van der Waals surface area contributed by atoms with Gasteiger partial charge < -0.3 is 0 Å². The number of halogens is 1. The molecule has 1 aromatic heterocycles. The summed E-state index contributed by atoms with van der Waals surface area (Å²) in [5, 5.41) is 2.19. The summed E-state index contributed by atoms with van der Waals surface area (Å²) in [6.45, 7) is 8.81. The van der Waals surface area contributed by atoms with E-state index in [-0.39, 0.29) is 0 Å². The molecule has 2 nitrogen and oxygen atoms in total. The van der Waals surface area contributed by atoms with Gasteiger partial charge in [0, 0.05) is 10.8 Å². The minimum Gasteiger partial charge on any atom is -0.230 e. The highest BCUT2D eigenvalue weighted by Gasteiger charge is 2.15. The lowest BCUT2D eigenvalue weighted by atomic mass is 10.2. The molecule has 90 valence electrons. The zero-order chi connectivity index (χ0) is 12.1. The van der Waals surface area contributed by atoms with E-state index in [9.17, 15) is 0 Å². The first kappa shape index (κ1) is 13.8. The Bertz CT molecular complexity index is 342. The summed E-state index contributed by atoms with van der Waals surface area (Å²) in [5.41, 5.74) is 1.10. The number of hydrogen-bond donors (Lipinski definition) is 0. The van der Waals surface area contributed by atoms with Gasteiger partial charge in [0.05, 0.1) is 0 Å². The summed E-state index contributed by atoms with van der Waals surface area (Å²) in [5.74, 6) is 0.633. The fourth-order valence-corrected chi connectivity index (χ4v) is 2.61. The van der Waals surface area contributed by atoms with Crippen molar-refractivity contribution in [3.8, 4) is 0 Å². The molecule has 0 aliphatic carbocycles. The van der Waals surface area contributed by atoms with Gasteiger partial charge in [0.15, 0.2) is 0 Å². The molecule has 4 heteroatoms. The molecule has 0 saturated heterocycles. The first-order chi connectivity index (χ1) is 7.56. The van der Waals surface area contributed by atoms with Crippen LogP contribution in [0.1, 0.15) is 39.7 Å². The molecule has 1 heterocycles. The quantitative estimate of drug-likeness (QED) is 0.584. The van der Waals surface area contributed by atoms with Crippen LogP contribution in [0.2, 0.25) is 5.15 Å². The molecule has 1 atom stereocenters. The second-order valence-electron chi connectivity index (χ2n) is 4.27. The Labute approximate surface area is 107 Å². The van der Waals surface area contributed by atoms with E-state index in [1.807, 2.05) is 0 Å². The number of thioether (sulfide) groups is 1. The lowest BCUT2D eigenvalue weighted by Crippen LogP contribution is -2.07. The van der Waals surface area contributed by atoms with Crippen molar-refractivity contribution in [2.45, 2.75) is 50.8 Å². The van der Waals surface area contributed by atoms with Gasteiger partial charge in [0.1, 0.15) is 16.5 Å². The molecule has 0 aliphatic heterocycles.